The van der Waals surface area contributed by atoms with Crippen LogP contribution in [-0.4, -0.2) is 23.1 Å². The van der Waals surface area contributed by atoms with Crippen LogP contribution in [0.4, 0.5) is 0 Å². The molecule has 0 spiro atoms. The Morgan fingerprint density at radius 2 is 0.950 bits per heavy atom. The van der Waals surface area contributed by atoms with E-state index in [4.69, 9.17) is 0 Å². The summed E-state index contributed by atoms with van der Waals surface area (Å²) < 4.78 is 0. The Bertz CT molecular complexity index is 384. The van der Waals surface area contributed by atoms with Crippen molar-refractivity contribution in [3.05, 3.63) is 0 Å². The van der Waals surface area contributed by atoms with E-state index in [2.05, 4.69) is 0 Å². The average molecular weight is 278 g/mol. The number of carbonyl (C=O) groups excluding carboxylic acids is 4. The average Bonchev–Trinajstić information content (AvgIpc) is 2.43. The lowest BCUT2D eigenvalue weighted by atomic mass is 9.74. The summed E-state index contributed by atoms with van der Waals surface area (Å²) >= 11 is 0. The van der Waals surface area contributed by atoms with Gasteiger partial charge in [0.2, 0.25) is 11.6 Å². The Morgan fingerprint density at radius 1 is 0.550 bits per heavy atom. The molecule has 0 aromatic carbocycles. The topological polar surface area (TPSA) is 68.3 Å². The van der Waals surface area contributed by atoms with Gasteiger partial charge in [-0.05, 0) is 25.7 Å². The van der Waals surface area contributed by atoms with Crippen molar-refractivity contribution in [2.75, 3.05) is 0 Å². The van der Waals surface area contributed by atoms with Crippen LogP contribution in [0.25, 0.3) is 0 Å². The van der Waals surface area contributed by atoms with Gasteiger partial charge in [-0.25, -0.2) is 0 Å². The van der Waals surface area contributed by atoms with Gasteiger partial charge in [0.25, 0.3) is 0 Å². The standard InChI is InChI=1S/C16H22O4/c17-13-9-5-1-3-7-11(15(13)19)12-8-4-2-6-10-14(18)16(12)20/h11-12H,1-10H2. The van der Waals surface area contributed by atoms with E-state index < -0.39 is 23.4 Å². The quantitative estimate of drug-likeness (QED) is 0.691. The van der Waals surface area contributed by atoms with Crippen molar-refractivity contribution in [3.8, 4) is 0 Å². The molecule has 2 unspecified atom stereocenters. The molecule has 2 rings (SSSR count). The van der Waals surface area contributed by atoms with Gasteiger partial charge in [-0.1, -0.05) is 25.7 Å². The molecule has 0 aromatic heterocycles. The van der Waals surface area contributed by atoms with E-state index in [0.29, 0.717) is 25.7 Å². The van der Waals surface area contributed by atoms with Crippen molar-refractivity contribution in [2.24, 2.45) is 11.8 Å². The van der Waals surface area contributed by atoms with Crippen LogP contribution in [0.15, 0.2) is 0 Å². The molecule has 110 valence electrons. The van der Waals surface area contributed by atoms with Gasteiger partial charge in [0, 0.05) is 24.7 Å². The molecule has 2 aliphatic rings. The second-order valence-corrected chi connectivity index (χ2v) is 5.99. The van der Waals surface area contributed by atoms with E-state index in [0.717, 1.165) is 38.5 Å². The number of rotatable bonds is 1. The molecule has 4 heteroatoms. The van der Waals surface area contributed by atoms with Gasteiger partial charge in [-0.15, -0.1) is 0 Å². The van der Waals surface area contributed by atoms with E-state index in [-0.39, 0.29) is 11.6 Å². The third kappa shape index (κ3) is 3.41. The van der Waals surface area contributed by atoms with Crippen LogP contribution >= 0.6 is 0 Å². The van der Waals surface area contributed by atoms with Gasteiger partial charge < -0.3 is 0 Å². The summed E-state index contributed by atoms with van der Waals surface area (Å²) in [7, 11) is 0. The molecule has 0 bridgehead atoms. The van der Waals surface area contributed by atoms with Crippen LogP contribution in [0.2, 0.25) is 0 Å². The molecule has 0 aliphatic heterocycles. The second kappa shape index (κ2) is 6.91. The van der Waals surface area contributed by atoms with Crippen molar-refractivity contribution in [3.63, 3.8) is 0 Å². The van der Waals surface area contributed by atoms with Crippen LogP contribution in [0.3, 0.4) is 0 Å². The third-order valence-electron chi connectivity index (χ3n) is 4.55. The van der Waals surface area contributed by atoms with Crippen LogP contribution < -0.4 is 0 Å². The van der Waals surface area contributed by atoms with Crippen molar-refractivity contribution >= 4 is 23.1 Å². The summed E-state index contributed by atoms with van der Waals surface area (Å²) in [6.07, 6.45) is 6.83. The minimum absolute atomic E-state index is 0.296. The molecule has 0 radical (unpaired) electrons. The smallest absolute Gasteiger partial charge is 0.202 e. The summed E-state index contributed by atoms with van der Waals surface area (Å²) in [6, 6.07) is 0. The third-order valence-corrected chi connectivity index (χ3v) is 4.55. The minimum Gasteiger partial charge on any atom is -0.291 e. The Kier molecular flexibility index (Phi) is 5.21. The summed E-state index contributed by atoms with van der Waals surface area (Å²) in [5, 5.41) is 0. The van der Waals surface area contributed by atoms with Gasteiger partial charge in [-0.3, -0.25) is 19.2 Å². The molecule has 0 aromatic rings. The first-order valence-corrected chi connectivity index (χ1v) is 7.75. The zero-order chi connectivity index (χ0) is 14.5. The lowest BCUT2D eigenvalue weighted by Crippen LogP contribution is -2.38. The summed E-state index contributed by atoms with van der Waals surface area (Å²) in [4.78, 5) is 48.1. The number of ketones is 4. The first kappa shape index (κ1) is 15.1. The number of hydrogen-bond donors (Lipinski definition) is 0. The van der Waals surface area contributed by atoms with E-state index in [9.17, 15) is 19.2 Å². The van der Waals surface area contributed by atoms with Gasteiger partial charge >= 0.3 is 0 Å². The number of carbonyl (C=O) groups is 4. The van der Waals surface area contributed by atoms with E-state index in [1.165, 1.54) is 0 Å². The van der Waals surface area contributed by atoms with Crippen LogP contribution in [0.5, 0.6) is 0 Å². The Hall–Kier alpha value is -1.32. The first-order valence-electron chi connectivity index (χ1n) is 7.75. The van der Waals surface area contributed by atoms with E-state index >= 15 is 0 Å². The number of Topliss-reactive ketones (excluding diaryl/α,β-unsaturated/α-hetero) is 4. The highest BCUT2D eigenvalue weighted by molar-refractivity contribution is 6.42. The second-order valence-electron chi connectivity index (χ2n) is 5.99. The van der Waals surface area contributed by atoms with Crippen molar-refractivity contribution in [2.45, 2.75) is 64.2 Å². The molecule has 2 fully saturated rings. The largest absolute Gasteiger partial charge is 0.291 e. The molecule has 0 amide bonds. The van der Waals surface area contributed by atoms with Gasteiger partial charge in [0.1, 0.15) is 0 Å². The van der Waals surface area contributed by atoms with E-state index in [1.807, 2.05) is 0 Å². The molecule has 2 aliphatic carbocycles. The first-order chi connectivity index (χ1) is 9.61. The Labute approximate surface area is 119 Å². The SMILES string of the molecule is O=C1CCCCCC(C2CCCCCC(=O)C2=O)C1=O. The molecule has 2 saturated carbocycles. The molecular formula is C16H22O4. The van der Waals surface area contributed by atoms with Crippen LogP contribution in [0, 0.1) is 11.8 Å². The highest BCUT2D eigenvalue weighted by Gasteiger charge is 2.38. The lowest BCUT2D eigenvalue weighted by molar-refractivity contribution is -0.146. The normalized spacial score (nSPS) is 30.4. The maximum atomic E-state index is 12.2. The van der Waals surface area contributed by atoms with Crippen molar-refractivity contribution < 1.29 is 19.2 Å². The summed E-state index contributed by atoms with van der Waals surface area (Å²) in [5.74, 6) is -2.60. The Balaban J connectivity index is 2.19. The predicted molar refractivity (Wildman–Crippen MR) is 73.2 cm³/mol. The highest BCUT2D eigenvalue weighted by atomic mass is 16.2. The lowest BCUT2D eigenvalue weighted by Gasteiger charge is -2.26. The fraction of sp³-hybridized carbons (Fsp3) is 0.750. The van der Waals surface area contributed by atoms with Crippen molar-refractivity contribution in [1.82, 2.24) is 0 Å². The molecule has 0 heterocycles. The molecule has 20 heavy (non-hydrogen) atoms. The van der Waals surface area contributed by atoms with Gasteiger partial charge in [-0.2, -0.15) is 0 Å². The zero-order valence-electron chi connectivity index (χ0n) is 11.9. The molecule has 4 nitrogen and oxygen atoms in total. The molecule has 0 N–H and O–H groups in total. The summed E-state index contributed by atoms with van der Waals surface area (Å²) in [6.45, 7) is 0. The number of hydrogen-bond acceptors (Lipinski definition) is 4. The molecule has 0 saturated heterocycles. The van der Waals surface area contributed by atoms with Gasteiger partial charge in [0.15, 0.2) is 11.6 Å². The zero-order valence-corrected chi connectivity index (χ0v) is 11.9. The summed E-state index contributed by atoms with van der Waals surface area (Å²) in [5.41, 5.74) is 0. The predicted octanol–water partition coefficient (Wildman–Crippen LogP) is 2.42. The van der Waals surface area contributed by atoms with Crippen LogP contribution in [0.1, 0.15) is 64.2 Å². The molecular weight excluding hydrogens is 256 g/mol. The minimum atomic E-state index is -0.544. The molecule has 2 atom stereocenters. The van der Waals surface area contributed by atoms with Gasteiger partial charge in [0.05, 0.1) is 0 Å². The van der Waals surface area contributed by atoms with E-state index in [1.54, 1.807) is 0 Å². The van der Waals surface area contributed by atoms with Crippen LogP contribution in [-0.2, 0) is 19.2 Å². The fourth-order valence-electron chi connectivity index (χ4n) is 3.34. The Morgan fingerprint density at radius 3 is 1.35 bits per heavy atom. The van der Waals surface area contributed by atoms with Crippen molar-refractivity contribution in [1.29, 1.82) is 0 Å². The maximum absolute atomic E-state index is 12.2. The maximum Gasteiger partial charge on any atom is 0.202 e. The fourth-order valence-corrected chi connectivity index (χ4v) is 3.34. The monoisotopic (exact) mass is 278 g/mol. The highest BCUT2D eigenvalue weighted by Crippen LogP contribution is 2.31.